The summed E-state index contributed by atoms with van der Waals surface area (Å²) in [5, 5.41) is 1.09. The van der Waals surface area contributed by atoms with E-state index in [1.165, 1.54) is 22.3 Å². The molecule has 0 fully saturated rings. The molecule has 0 radical (unpaired) electrons. The Morgan fingerprint density at radius 3 is 2.29 bits per heavy atom. The van der Waals surface area contributed by atoms with Gasteiger partial charge in [0.15, 0.2) is 0 Å². The number of aromatic nitrogens is 2. The highest BCUT2D eigenvalue weighted by Crippen LogP contribution is 2.29. The zero-order valence-corrected chi connectivity index (χ0v) is 13.6. The van der Waals surface area contributed by atoms with Crippen LogP contribution >= 0.6 is 0 Å². The zero-order chi connectivity index (χ0) is 16.4. The van der Waals surface area contributed by atoms with Crippen LogP contribution in [0.3, 0.4) is 0 Å². The van der Waals surface area contributed by atoms with Gasteiger partial charge in [-0.2, -0.15) is 0 Å². The van der Waals surface area contributed by atoms with E-state index in [-0.39, 0.29) is 0 Å². The molecule has 0 N–H and O–H groups in total. The Morgan fingerprint density at radius 1 is 0.708 bits per heavy atom. The van der Waals surface area contributed by atoms with Crippen LogP contribution in [0.2, 0.25) is 0 Å². The molecule has 0 spiro atoms. The molecule has 0 aliphatic carbocycles. The highest BCUT2D eigenvalue weighted by Gasteiger charge is 2.11. The van der Waals surface area contributed by atoms with E-state index in [1.807, 2.05) is 18.2 Å². The SMILES string of the molecule is Cc1ccccc1Cc1ccccc1-c1ncnc2ccccc12. The Bertz CT molecular complexity index is 1000. The molecule has 4 rings (SSSR count). The normalized spacial score (nSPS) is 10.9. The predicted octanol–water partition coefficient (Wildman–Crippen LogP) is 5.20. The number of para-hydroxylation sites is 1. The molecule has 0 aliphatic heterocycles. The van der Waals surface area contributed by atoms with Crippen LogP contribution < -0.4 is 0 Å². The van der Waals surface area contributed by atoms with Gasteiger partial charge in [-0.25, -0.2) is 9.97 Å². The van der Waals surface area contributed by atoms with Gasteiger partial charge in [0.2, 0.25) is 0 Å². The lowest BCUT2D eigenvalue weighted by atomic mass is 9.94. The Kier molecular flexibility index (Phi) is 3.80. The van der Waals surface area contributed by atoms with Crippen LogP contribution in [0.15, 0.2) is 79.1 Å². The molecule has 0 aliphatic rings. The van der Waals surface area contributed by atoms with Gasteiger partial charge in [0.25, 0.3) is 0 Å². The van der Waals surface area contributed by atoms with Gasteiger partial charge in [-0.15, -0.1) is 0 Å². The number of benzene rings is 3. The van der Waals surface area contributed by atoms with Crippen LogP contribution in [0.25, 0.3) is 22.2 Å². The van der Waals surface area contributed by atoms with Crippen molar-refractivity contribution < 1.29 is 0 Å². The lowest BCUT2D eigenvalue weighted by molar-refractivity contribution is 1.15. The van der Waals surface area contributed by atoms with E-state index in [9.17, 15) is 0 Å². The van der Waals surface area contributed by atoms with Gasteiger partial charge < -0.3 is 0 Å². The van der Waals surface area contributed by atoms with Gasteiger partial charge >= 0.3 is 0 Å². The molecule has 4 aromatic rings. The average Bonchev–Trinajstić information content (AvgIpc) is 2.64. The highest BCUT2D eigenvalue weighted by atomic mass is 14.8. The lowest BCUT2D eigenvalue weighted by Gasteiger charge is -2.12. The van der Waals surface area contributed by atoms with Gasteiger partial charge in [-0.1, -0.05) is 66.7 Å². The summed E-state index contributed by atoms with van der Waals surface area (Å²) in [4.78, 5) is 8.97. The minimum atomic E-state index is 0.904. The predicted molar refractivity (Wildman–Crippen MR) is 99.0 cm³/mol. The second-order valence-corrected chi connectivity index (χ2v) is 6.00. The summed E-state index contributed by atoms with van der Waals surface area (Å²) >= 11 is 0. The number of nitrogens with zero attached hydrogens (tertiary/aromatic N) is 2. The van der Waals surface area contributed by atoms with Crippen molar-refractivity contribution in [3.63, 3.8) is 0 Å². The first-order valence-corrected chi connectivity index (χ1v) is 8.15. The molecule has 0 saturated carbocycles. The van der Waals surface area contributed by atoms with Crippen molar-refractivity contribution in [3.05, 3.63) is 95.8 Å². The first kappa shape index (κ1) is 14.6. The van der Waals surface area contributed by atoms with Gasteiger partial charge in [-0.3, -0.25) is 0 Å². The monoisotopic (exact) mass is 310 g/mol. The Hall–Kier alpha value is -3.00. The molecule has 1 aromatic heterocycles. The van der Waals surface area contributed by atoms with Crippen molar-refractivity contribution >= 4 is 10.9 Å². The van der Waals surface area contributed by atoms with Crippen molar-refractivity contribution in [1.29, 1.82) is 0 Å². The molecular formula is C22H18N2. The smallest absolute Gasteiger partial charge is 0.116 e. The number of hydrogen-bond donors (Lipinski definition) is 0. The number of aryl methyl sites for hydroxylation is 1. The summed E-state index contributed by atoms with van der Waals surface area (Å²) in [6.45, 7) is 2.16. The van der Waals surface area contributed by atoms with E-state index in [1.54, 1.807) is 6.33 Å². The molecular weight excluding hydrogens is 292 g/mol. The van der Waals surface area contributed by atoms with Gasteiger partial charge in [0.05, 0.1) is 11.2 Å². The maximum atomic E-state index is 4.59. The van der Waals surface area contributed by atoms with Gasteiger partial charge in [0.1, 0.15) is 6.33 Å². The second-order valence-electron chi connectivity index (χ2n) is 6.00. The molecule has 0 saturated heterocycles. The van der Waals surface area contributed by atoms with Crippen LogP contribution in [0, 0.1) is 6.92 Å². The number of hydrogen-bond acceptors (Lipinski definition) is 2. The zero-order valence-electron chi connectivity index (χ0n) is 13.6. The maximum absolute atomic E-state index is 4.59. The maximum Gasteiger partial charge on any atom is 0.116 e. The van der Waals surface area contributed by atoms with E-state index >= 15 is 0 Å². The van der Waals surface area contributed by atoms with Crippen molar-refractivity contribution in [2.75, 3.05) is 0 Å². The molecule has 0 atom stereocenters. The molecule has 116 valence electrons. The molecule has 0 bridgehead atoms. The summed E-state index contributed by atoms with van der Waals surface area (Å²) in [5.41, 5.74) is 7.12. The quantitative estimate of drug-likeness (QED) is 0.520. The summed E-state index contributed by atoms with van der Waals surface area (Å²) in [5.74, 6) is 0. The third-order valence-electron chi connectivity index (χ3n) is 4.46. The average molecular weight is 310 g/mol. The number of fused-ring (bicyclic) bond motifs is 1. The summed E-state index contributed by atoms with van der Waals surface area (Å²) in [6.07, 6.45) is 2.56. The third kappa shape index (κ3) is 2.67. The lowest BCUT2D eigenvalue weighted by Crippen LogP contribution is -1.97. The molecule has 1 heterocycles. The molecule has 0 unspecified atom stereocenters. The Morgan fingerprint density at radius 2 is 1.42 bits per heavy atom. The summed E-state index contributed by atoms with van der Waals surface area (Å²) < 4.78 is 0. The molecule has 0 amide bonds. The molecule has 2 heteroatoms. The minimum absolute atomic E-state index is 0.904. The fourth-order valence-electron chi connectivity index (χ4n) is 3.14. The van der Waals surface area contributed by atoms with E-state index in [0.717, 1.165) is 23.0 Å². The molecule has 3 aromatic carbocycles. The van der Waals surface area contributed by atoms with Crippen LogP contribution in [0.1, 0.15) is 16.7 Å². The van der Waals surface area contributed by atoms with Gasteiger partial charge in [-0.05, 0) is 36.1 Å². The topological polar surface area (TPSA) is 25.8 Å². The number of rotatable bonds is 3. The first-order valence-electron chi connectivity index (χ1n) is 8.15. The van der Waals surface area contributed by atoms with Crippen molar-refractivity contribution in [2.45, 2.75) is 13.3 Å². The van der Waals surface area contributed by atoms with Crippen molar-refractivity contribution in [1.82, 2.24) is 9.97 Å². The van der Waals surface area contributed by atoms with E-state index < -0.39 is 0 Å². The van der Waals surface area contributed by atoms with E-state index in [0.29, 0.717) is 0 Å². The third-order valence-corrected chi connectivity index (χ3v) is 4.46. The van der Waals surface area contributed by atoms with Crippen LogP contribution in [-0.4, -0.2) is 9.97 Å². The molecule has 2 nitrogen and oxygen atoms in total. The standard InChI is InChI=1S/C22H18N2/c1-16-8-2-3-9-17(16)14-18-10-4-5-11-19(18)22-20-12-6-7-13-21(20)23-15-24-22/h2-13,15H,14H2,1H3. The minimum Gasteiger partial charge on any atom is -0.236 e. The Balaban J connectivity index is 1.86. The van der Waals surface area contributed by atoms with E-state index in [4.69, 9.17) is 0 Å². The first-order chi connectivity index (χ1) is 11.8. The van der Waals surface area contributed by atoms with E-state index in [2.05, 4.69) is 71.5 Å². The summed E-state index contributed by atoms with van der Waals surface area (Å²) in [6, 6.07) is 25.3. The van der Waals surface area contributed by atoms with Crippen LogP contribution in [-0.2, 0) is 6.42 Å². The highest BCUT2D eigenvalue weighted by molar-refractivity contribution is 5.92. The largest absolute Gasteiger partial charge is 0.236 e. The Labute approximate surface area is 141 Å². The van der Waals surface area contributed by atoms with Crippen molar-refractivity contribution in [2.24, 2.45) is 0 Å². The fourth-order valence-corrected chi connectivity index (χ4v) is 3.14. The van der Waals surface area contributed by atoms with Gasteiger partial charge in [0, 0.05) is 10.9 Å². The van der Waals surface area contributed by atoms with Crippen molar-refractivity contribution in [3.8, 4) is 11.3 Å². The van der Waals surface area contributed by atoms with Crippen LogP contribution in [0.5, 0.6) is 0 Å². The summed E-state index contributed by atoms with van der Waals surface area (Å²) in [7, 11) is 0. The van der Waals surface area contributed by atoms with Crippen LogP contribution in [0.4, 0.5) is 0 Å². The molecule has 24 heavy (non-hydrogen) atoms. The second kappa shape index (κ2) is 6.25. The fraction of sp³-hybridized carbons (Fsp3) is 0.0909.